The van der Waals surface area contributed by atoms with Gasteiger partial charge in [0, 0.05) is 24.2 Å². The fourth-order valence-electron chi connectivity index (χ4n) is 3.54. The first-order valence-corrected chi connectivity index (χ1v) is 10.9. The normalized spacial score (nSPS) is 15.0. The number of esters is 1. The number of carbonyl (C=O) groups excluding carboxylic acids is 2. The molecule has 0 bridgehead atoms. The maximum atomic E-state index is 13.0. The van der Waals surface area contributed by atoms with E-state index in [2.05, 4.69) is 4.99 Å². The minimum Gasteiger partial charge on any atom is -0.486 e. The molecule has 10 heteroatoms. The average Bonchev–Trinajstić information content (AvgIpc) is 3.16. The van der Waals surface area contributed by atoms with Crippen LogP contribution in [-0.2, 0) is 16.1 Å². The number of aryl methyl sites for hydroxylation is 1. The minimum absolute atomic E-state index is 0.141. The lowest BCUT2D eigenvalue weighted by Crippen LogP contribution is -2.20. The summed E-state index contributed by atoms with van der Waals surface area (Å²) < 4.78 is 29.9. The van der Waals surface area contributed by atoms with Crippen molar-refractivity contribution in [2.45, 2.75) is 13.0 Å². The molecule has 3 heterocycles. The zero-order valence-corrected chi connectivity index (χ0v) is 18.1. The van der Waals surface area contributed by atoms with Crippen molar-refractivity contribution >= 4 is 33.4 Å². The van der Waals surface area contributed by atoms with Crippen LogP contribution in [0.5, 0.6) is 23.0 Å². The van der Waals surface area contributed by atoms with E-state index in [1.165, 1.54) is 18.4 Å². The van der Waals surface area contributed by atoms with Gasteiger partial charge in [-0.2, -0.15) is 4.99 Å². The summed E-state index contributed by atoms with van der Waals surface area (Å²) in [5.74, 6) is 1.63. The predicted octanol–water partition coefficient (Wildman–Crippen LogP) is 2.55. The second kappa shape index (κ2) is 8.54. The Balaban J connectivity index is 1.57. The van der Waals surface area contributed by atoms with Crippen molar-refractivity contribution in [1.29, 1.82) is 0 Å². The number of aromatic nitrogens is 1. The highest BCUT2D eigenvalue weighted by Gasteiger charge is 2.19. The van der Waals surface area contributed by atoms with Crippen LogP contribution in [-0.4, -0.2) is 50.0 Å². The number of amides is 1. The van der Waals surface area contributed by atoms with E-state index < -0.39 is 5.91 Å². The van der Waals surface area contributed by atoms with Crippen molar-refractivity contribution in [2.24, 2.45) is 4.99 Å². The van der Waals surface area contributed by atoms with E-state index in [9.17, 15) is 9.59 Å². The number of benzene rings is 2. The molecule has 0 atom stereocenters. The Kier molecular flexibility index (Phi) is 5.44. The Labute approximate surface area is 186 Å². The number of rotatable bonds is 4. The Hall–Kier alpha value is -3.53. The van der Waals surface area contributed by atoms with Gasteiger partial charge in [-0.05, 0) is 18.2 Å². The zero-order valence-electron chi connectivity index (χ0n) is 17.3. The highest BCUT2D eigenvalue weighted by molar-refractivity contribution is 7.16. The van der Waals surface area contributed by atoms with Crippen molar-refractivity contribution in [3.63, 3.8) is 0 Å². The molecule has 32 heavy (non-hydrogen) atoms. The third kappa shape index (κ3) is 3.89. The SMILES string of the molecule is COC(=O)CCn1c(=NC(=O)c2ccc3c(c2)OCCO3)sc2cc3c(cc21)OCCO3. The molecule has 2 aliphatic rings. The van der Waals surface area contributed by atoms with E-state index in [-0.39, 0.29) is 12.4 Å². The molecule has 2 aliphatic heterocycles. The van der Waals surface area contributed by atoms with Gasteiger partial charge in [0.15, 0.2) is 27.8 Å². The number of hydrogen-bond acceptors (Lipinski definition) is 8. The van der Waals surface area contributed by atoms with Crippen LogP contribution < -0.4 is 23.7 Å². The Morgan fingerprint density at radius 1 is 0.969 bits per heavy atom. The molecule has 5 rings (SSSR count). The summed E-state index contributed by atoms with van der Waals surface area (Å²) >= 11 is 1.34. The van der Waals surface area contributed by atoms with E-state index in [0.717, 1.165) is 10.2 Å². The summed E-state index contributed by atoms with van der Waals surface area (Å²) in [6, 6.07) is 8.72. The Morgan fingerprint density at radius 2 is 1.62 bits per heavy atom. The van der Waals surface area contributed by atoms with Crippen molar-refractivity contribution in [3.05, 3.63) is 40.7 Å². The lowest BCUT2D eigenvalue weighted by molar-refractivity contribution is -0.140. The van der Waals surface area contributed by atoms with Crippen LogP contribution in [0, 0.1) is 0 Å². The Bertz CT molecular complexity index is 1280. The van der Waals surface area contributed by atoms with Gasteiger partial charge in [-0.25, -0.2) is 0 Å². The van der Waals surface area contributed by atoms with Gasteiger partial charge in [0.05, 0.1) is 23.7 Å². The van der Waals surface area contributed by atoms with Crippen LogP contribution in [0.3, 0.4) is 0 Å². The van der Waals surface area contributed by atoms with Crippen LogP contribution >= 0.6 is 11.3 Å². The first-order valence-electron chi connectivity index (χ1n) is 10.1. The van der Waals surface area contributed by atoms with Crippen LogP contribution in [0.2, 0.25) is 0 Å². The largest absolute Gasteiger partial charge is 0.486 e. The molecule has 0 fully saturated rings. The molecule has 0 unspecified atom stereocenters. The fraction of sp³-hybridized carbons (Fsp3) is 0.318. The smallest absolute Gasteiger partial charge is 0.307 e. The molecular weight excluding hydrogens is 436 g/mol. The van der Waals surface area contributed by atoms with E-state index in [1.807, 2.05) is 16.7 Å². The van der Waals surface area contributed by atoms with Crippen molar-refractivity contribution in [1.82, 2.24) is 4.57 Å². The van der Waals surface area contributed by atoms with Gasteiger partial charge in [0.2, 0.25) is 0 Å². The number of hydrogen-bond donors (Lipinski definition) is 0. The molecule has 3 aromatic rings. The fourth-order valence-corrected chi connectivity index (χ4v) is 4.61. The quantitative estimate of drug-likeness (QED) is 0.557. The van der Waals surface area contributed by atoms with E-state index in [1.54, 1.807) is 18.2 Å². The molecule has 0 N–H and O–H groups in total. The van der Waals surface area contributed by atoms with Gasteiger partial charge in [-0.3, -0.25) is 9.59 Å². The van der Waals surface area contributed by atoms with Crippen LogP contribution in [0.25, 0.3) is 10.2 Å². The molecule has 0 aliphatic carbocycles. The second-order valence-electron chi connectivity index (χ2n) is 7.10. The van der Waals surface area contributed by atoms with E-state index in [4.69, 9.17) is 23.7 Å². The summed E-state index contributed by atoms with van der Waals surface area (Å²) in [7, 11) is 1.34. The monoisotopic (exact) mass is 456 g/mol. The molecule has 0 spiro atoms. The molecule has 9 nitrogen and oxygen atoms in total. The summed E-state index contributed by atoms with van der Waals surface area (Å²) in [6.45, 7) is 2.15. The molecule has 166 valence electrons. The molecule has 0 saturated carbocycles. The summed E-state index contributed by atoms with van der Waals surface area (Å²) in [6.07, 6.45) is 0.141. The van der Waals surface area contributed by atoms with E-state index >= 15 is 0 Å². The summed E-state index contributed by atoms with van der Waals surface area (Å²) in [5, 5.41) is 0. The summed E-state index contributed by atoms with van der Waals surface area (Å²) in [4.78, 5) is 29.6. The molecule has 2 aromatic carbocycles. The molecular formula is C22H20N2O7S. The number of thiazole rings is 1. The van der Waals surface area contributed by atoms with Crippen molar-refractivity contribution < 1.29 is 33.3 Å². The van der Waals surface area contributed by atoms with Gasteiger partial charge in [0.25, 0.3) is 5.91 Å². The minimum atomic E-state index is -0.419. The third-order valence-electron chi connectivity index (χ3n) is 5.10. The topological polar surface area (TPSA) is 97.6 Å². The van der Waals surface area contributed by atoms with Gasteiger partial charge >= 0.3 is 5.97 Å². The van der Waals surface area contributed by atoms with Gasteiger partial charge in [-0.1, -0.05) is 11.3 Å². The first kappa shape index (κ1) is 20.4. The van der Waals surface area contributed by atoms with Gasteiger partial charge in [-0.15, -0.1) is 0 Å². The first-order chi connectivity index (χ1) is 15.6. The van der Waals surface area contributed by atoms with Gasteiger partial charge in [0.1, 0.15) is 26.4 Å². The van der Waals surface area contributed by atoms with Gasteiger partial charge < -0.3 is 28.3 Å². The number of nitrogens with zero attached hydrogens (tertiary/aromatic N) is 2. The number of methoxy groups -OCH3 is 1. The molecule has 1 amide bonds. The standard InChI is InChI=1S/C22H20N2O7S/c1-27-20(25)4-5-24-14-11-17-18(31-9-8-30-17)12-19(14)32-22(24)23-21(26)13-2-3-15-16(10-13)29-7-6-28-15/h2-3,10-12H,4-9H2,1H3. The molecule has 0 radical (unpaired) electrons. The van der Waals surface area contributed by atoms with Crippen LogP contribution in [0.1, 0.15) is 16.8 Å². The molecule has 1 aromatic heterocycles. The lowest BCUT2D eigenvalue weighted by Gasteiger charge is -2.18. The van der Waals surface area contributed by atoms with Crippen molar-refractivity contribution in [2.75, 3.05) is 33.5 Å². The summed E-state index contributed by atoms with van der Waals surface area (Å²) in [5.41, 5.74) is 1.19. The number of carbonyl (C=O) groups is 2. The predicted molar refractivity (Wildman–Crippen MR) is 115 cm³/mol. The highest BCUT2D eigenvalue weighted by atomic mass is 32.1. The van der Waals surface area contributed by atoms with Crippen LogP contribution in [0.4, 0.5) is 0 Å². The van der Waals surface area contributed by atoms with Crippen LogP contribution in [0.15, 0.2) is 35.3 Å². The average molecular weight is 456 g/mol. The maximum absolute atomic E-state index is 13.0. The number of fused-ring (bicyclic) bond motifs is 3. The van der Waals surface area contributed by atoms with E-state index in [0.29, 0.717) is 66.3 Å². The maximum Gasteiger partial charge on any atom is 0.307 e. The second-order valence-corrected chi connectivity index (χ2v) is 8.11. The Morgan fingerprint density at radius 3 is 2.34 bits per heavy atom. The highest BCUT2D eigenvalue weighted by Crippen LogP contribution is 2.36. The zero-order chi connectivity index (χ0) is 22.1. The molecule has 0 saturated heterocycles. The lowest BCUT2D eigenvalue weighted by atomic mass is 10.2. The number of ether oxygens (including phenoxy) is 5. The third-order valence-corrected chi connectivity index (χ3v) is 6.14. The van der Waals surface area contributed by atoms with Crippen molar-refractivity contribution in [3.8, 4) is 23.0 Å².